The highest BCUT2D eigenvalue weighted by molar-refractivity contribution is 5.95. The summed E-state index contributed by atoms with van der Waals surface area (Å²) < 4.78 is 6.82. The molecular weight excluding hydrogens is 268 g/mol. The lowest BCUT2D eigenvalue weighted by Crippen LogP contribution is -2.36. The number of para-hydroxylation sites is 1. The zero-order valence-corrected chi connectivity index (χ0v) is 11.7. The lowest BCUT2D eigenvalue weighted by Gasteiger charge is -2.05. The lowest BCUT2D eigenvalue weighted by atomic mass is 10.2. The molecule has 0 spiro atoms. The van der Waals surface area contributed by atoms with Crippen molar-refractivity contribution in [2.75, 3.05) is 6.61 Å². The molecule has 0 bridgehead atoms. The fraction of sp³-hybridized carbons (Fsp3) is 0.250. The average molecular weight is 284 g/mol. The number of fused-ring (bicyclic) bond motifs is 1. The molecule has 5 heteroatoms. The van der Waals surface area contributed by atoms with Crippen molar-refractivity contribution in [1.29, 1.82) is 0 Å². The maximum absolute atomic E-state index is 11.8. The number of aryl methyl sites for hydroxylation is 1. The van der Waals surface area contributed by atoms with Gasteiger partial charge in [0.2, 0.25) is 5.91 Å². The smallest absolute Gasteiger partial charge is 0.328 e. The second-order valence-electron chi connectivity index (χ2n) is 5.04. The van der Waals surface area contributed by atoms with Crippen LogP contribution in [0.2, 0.25) is 0 Å². The Balaban J connectivity index is 1.73. The summed E-state index contributed by atoms with van der Waals surface area (Å²) >= 11 is 0. The third kappa shape index (κ3) is 2.67. The van der Waals surface area contributed by atoms with Crippen LogP contribution in [0.4, 0.5) is 0 Å². The zero-order chi connectivity index (χ0) is 14.8. The summed E-state index contributed by atoms with van der Waals surface area (Å²) in [6.45, 7) is 0.372. The van der Waals surface area contributed by atoms with Crippen LogP contribution >= 0.6 is 0 Å². The second kappa shape index (κ2) is 5.44. The molecule has 5 nitrogen and oxygen atoms in total. The molecule has 1 atom stereocenters. The van der Waals surface area contributed by atoms with E-state index in [0.717, 1.165) is 16.6 Å². The summed E-state index contributed by atoms with van der Waals surface area (Å²) in [6.07, 6.45) is 3.72. The van der Waals surface area contributed by atoms with Gasteiger partial charge in [0, 0.05) is 36.1 Å². The van der Waals surface area contributed by atoms with Crippen LogP contribution in [0.5, 0.6) is 0 Å². The van der Waals surface area contributed by atoms with E-state index in [0.29, 0.717) is 13.0 Å². The van der Waals surface area contributed by atoms with Crippen molar-refractivity contribution in [2.24, 2.45) is 7.05 Å². The quantitative estimate of drug-likeness (QED) is 0.688. The van der Waals surface area contributed by atoms with Crippen molar-refractivity contribution in [3.05, 3.63) is 42.1 Å². The number of rotatable bonds is 3. The molecule has 1 saturated heterocycles. The van der Waals surface area contributed by atoms with Gasteiger partial charge in [-0.25, -0.2) is 4.79 Å². The molecule has 0 unspecified atom stereocenters. The monoisotopic (exact) mass is 284 g/mol. The summed E-state index contributed by atoms with van der Waals surface area (Å²) in [5.41, 5.74) is 2.04. The van der Waals surface area contributed by atoms with Gasteiger partial charge in [-0.1, -0.05) is 18.2 Å². The highest BCUT2D eigenvalue weighted by atomic mass is 16.5. The Bertz CT molecular complexity index is 730. The molecule has 108 valence electrons. The standard InChI is InChI=1S/C16H16N2O3/c1-18-12(10-11-4-2-3-5-14(11)18)6-7-15(19)17-13-8-9-21-16(13)20/h2-7,10,13H,8-9H2,1H3,(H,17,19)/b7-6+/t13-/m0/s1. The first-order valence-corrected chi connectivity index (χ1v) is 6.85. The van der Waals surface area contributed by atoms with Crippen LogP contribution in [0.1, 0.15) is 12.1 Å². The molecule has 1 aliphatic rings. The third-order valence-electron chi connectivity index (χ3n) is 3.65. The molecule has 21 heavy (non-hydrogen) atoms. The minimum Gasteiger partial charge on any atom is -0.464 e. The number of carbonyl (C=O) groups is 2. The summed E-state index contributed by atoms with van der Waals surface area (Å²) in [6, 6.07) is 9.52. The van der Waals surface area contributed by atoms with E-state index < -0.39 is 6.04 Å². The topological polar surface area (TPSA) is 60.3 Å². The number of nitrogens with one attached hydrogen (secondary N) is 1. The van der Waals surface area contributed by atoms with Crippen molar-refractivity contribution in [3.8, 4) is 0 Å². The summed E-state index contributed by atoms with van der Waals surface area (Å²) in [7, 11) is 1.95. The lowest BCUT2D eigenvalue weighted by molar-refractivity contribution is -0.140. The first-order valence-electron chi connectivity index (χ1n) is 6.85. The average Bonchev–Trinajstić information content (AvgIpc) is 3.02. The molecular formula is C16H16N2O3. The van der Waals surface area contributed by atoms with E-state index in [1.807, 2.05) is 41.9 Å². The van der Waals surface area contributed by atoms with Gasteiger partial charge in [-0.15, -0.1) is 0 Å². The molecule has 0 aliphatic carbocycles. The van der Waals surface area contributed by atoms with E-state index in [9.17, 15) is 9.59 Å². The molecule has 1 N–H and O–H groups in total. The van der Waals surface area contributed by atoms with Crippen LogP contribution in [0.25, 0.3) is 17.0 Å². The summed E-state index contributed by atoms with van der Waals surface area (Å²) in [5, 5.41) is 3.77. The van der Waals surface area contributed by atoms with Crippen LogP contribution in [0, 0.1) is 0 Å². The Morgan fingerprint density at radius 3 is 2.95 bits per heavy atom. The number of ether oxygens (including phenoxy) is 1. The number of carbonyl (C=O) groups excluding carboxylic acids is 2. The molecule has 0 saturated carbocycles. The highest BCUT2D eigenvalue weighted by Gasteiger charge is 2.27. The van der Waals surface area contributed by atoms with Crippen molar-refractivity contribution in [3.63, 3.8) is 0 Å². The highest BCUT2D eigenvalue weighted by Crippen LogP contribution is 2.19. The molecule has 1 fully saturated rings. The van der Waals surface area contributed by atoms with Crippen LogP contribution in [0.15, 0.2) is 36.4 Å². The number of amides is 1. The fourth-order valence-corrected chi connectivity index (χ4v) is 2.48. The van der Waals surface area contributed by atoms with Crippen LogP contribution in [-0.4, -0.2) is 29.1 Å². The van der Waals surface area contributed by atoms with Crippen LogP contribution < -0.4 is 5.32 Å². The van der Waals surface area contributed by atoms with E-state index in [2.05, 4.69) is 5.32 Å². The van der Waals surface area contributed by atoms with E-state index in [1.54, 1.807) is 6.08 Å². The van der Waals surface area contributed by atoms with E-state index in [1.165, 1.54) is 6.08 Å². The number of hydrogen-bond acceptors (Lipinski definition) is 3. The Labute approximate surface area is 122 Å². The molecule has 0 radical (unpaired) electrons. The maximum Gasteiger partial charge on any atom is 0.328 e. The Kier molecular flexibility index (Phi) is 3.48. The predicted octanol–water partition coefficient (Wildman–Crippen LogP) is 1.62. The molecule has 1 aromatic heterocycles. The van der Waals surface area contributed by atoms with Gasteiger partial charge in [-0.3, -0.25) is 4.79 Å². The first-order chi connectivity index (χ1) is 10.1. The van der Waals surface area contributed by atoms with E-state index in [-0.39, 0.29) is 11.9 Å². The van der Waals surface area contributed by atoms with E-state index in [4.69, 9.17) is 4.74 Å². The molecule has 1 aromatic carbocycles. The largest absolute Gasteiger partial charge is 0.464 e. The predicted molar refractivity (Wildman–Crippen MR) is 79.5 cm³/mol. The minimum atomic E-state index is -0.519. The minimum absolute atomic E-state index is 0.288. The number of nitrogens with zero attached hydrogens (tertiary/aromatic N) is 1. The van der Waals surface area contributed by atoms with Crippen molar-refractivity contribution in [2.45, 2.75) is 12.5 Å². The Morgan fingerprint density at radius 1 is 1.43 bits per heavy atom. The van der Waals surface area contributed by atoms with Gasteiger partial charge in [0.25, 0.3) is 0 Å². The third-order valence-corrected chi connectivity index (χ3v) is 3.65. The first kappa shape index (κ1) is 13.4. The van der Waals surface area contributed by atoms with Gasteiger partial charge in [-0.05, 0) is 18.2 Å². The molecule has 2 heterocycles. The van der Waals surface area contributed by atoms with Gasteiger partial charge < -0.3 is 14.6 Å². The molecule has 1 amide bonds. The molecule has 3 rings (SSSR count). The van der Waals surface area contributed by atoms with E-state index >= 15 is 0 Å². The second-order valence-corrected chi connectivity index (χ2v) is 5.04. The maximum atomic E-state index is 11.8. The molecule has 2 aromatic rings. The van der Waals surface area contributed by atoms with Crippen molar-refractivity contribution in [1.82, 2.24) is 9.88 Å². The molecule has 1 aliphatic heterocycles. The number of cyclic esters (lactones) is 1. The van der Waals surface area contributed by atoms with Crippen molar-refractivity contribution < 1.29 is 14.3 Å². The number of esters is 1. The SMILES string of the molecule is Cn1c(/C=C/C(=O)N[C@H]2CCOC2=O)cc2ccccc21. The van der Waals surface area contributed by atoms with Gasteiger partial charge in [-0.2, -0.15) is 0 Å². The van der Waals surface area contributed by atoms with Crippen molar-refractivity contribution >= 4 is 28.9 Å². The fourth-order valence-electron chi connectivity index (χ4n) is 2.48. The number of benzene rings is 1. The Morgan fingerprint density at radius 2 is 2.24 bits per heavy atom. The number of aromatic nitrogens is 1. The van der Waals surface area contributed by atoms with Gasteiger partial charge in [0.05, 0.1) is 6.61 Å². The van der Waals surface area contributed by atoms with Gasteiger partial charge in [0.1, 0.15) is 6.04 Å². The van der Waals surface area contributed by atoms with Gasteiger partial charge in [0.15, 0.2) is 0 Å². The Hall–Kier alpha value is -2.56. The normalized spacial score (nSPS) is 18.3. The summed E-state index contributed by atoms with van der Waals surface area (Å²) in [5.74, 6) is -0.648. The van der Waals surface area contributed by atoms with Gasteiger partial charge >= 0.3 is 5.97 Å². The van der Waals surface area contributed by atoms with Crippen LogP contribution in [0.3, 0.4) is 0 Å². The van der Waals surface area contributed by atoms with Crippen LogP contribution in [-0.2, 0) is 21.4 Å². The number of hydrogen-bond donors (Lipinski definition) is 1. The summed E-state index contributed by atoms with van der Waals surface area (Å²) in [4.78, 5) is 23.1. The zero-order valence-electron chi connectivity index (χ0n) is 11.7.